The molecule has 2 saturated heterocycles. The Morgan fingerprint density at radius 2 is 1.69 bits per heavy atom. The summed E-state index contributed by atoms with van der Waals surface area (Å²) in [7, 11) is 0. The summed E-state index contributed by atoms with van der Waals surface area (Å²) in [5, 5.41) is 9.43. The van der Waals surface area contributed by atoms with Gasteiger partial charge in [-0.3, -0.25) is 19.3 Å². The van der Waals surface area contributed by atoms with Crippen molar-refractivity contribution < 1.29 is 19.5 Å². The lowest BCUT2D eigenvalue weighted by Crippen LogP contribution is -2.57. The Morgan fingerprint density at radius 1 is 1.00 bits per heavy atom. The summed E-state index contributed by atoms with van der Waals surface area (Å²) in [6, 6.07) is 9.62. The molecule has 0 aliphatic carbocycles. The van der Waals surface area contributed by atoms with Crippen LogP contribution < -0.4 is 0 Å². The lowest BCUT2D eigenvalue weighted by molar-refractivity contribution is -0.143. The number of nitrogens with zero attached hydrogens (tertiary/aromatic N) is 3. The molecule has 1 aromatic carbocycles. The van der Waals surface area contributed by atoms with E-state index in [2.05, 4.69) is 4.90 Å². The van der Waals surface area contributed by atoms with E-state index in [1.54, 1.807) is 4.90 Å². The SMILES string of the molecule is CC(=O)N1C[C@@H](C(=O)O)CN2CCN(C(=O)Cc3ccccc3)C[C@H]2C1. The zero-order valence-corrected chi connectivity index (χ0v) is 15.0. The van der Waals surface area contributed by atoms with Crippen molar-refractivity contribution in [2.24, 2.45) is 5.92 Å². The molecule has 7 nitrogen and oxygen atoms in total. The summed E-state index contributed by atoms with van der Waals surface area (Å²) in [6.45, 7) is 4.35. The molecule has 2 aliphatic rings. The van der Waals surface area contributed by atoms with Gasteiger partial charge in [-0.05, 0) is 5.56 Å². The summed E-state index contributed by atoms with van der Waals surface area (Å²) in [4.78, 5) is 41.6. The topological polar surface area (TPSA) is 81.2 Å². The van der Waals surface area contributed by atoms with Crippen LogP contribution in [0.1, 0.15) is 12.5 Å². The Balaban J connectivity index is 1.68. The molecular weight excluding hydrogens is 334 g/mol. The fourth-order valence-corrected chi connectivity index (χ4v) is 3.76. The molecule has 140 valence electrons. The van der Waals surface area contributed by atoms with E-state index in [4.69, 9.17) is 0 Å². The number of carbonyl (C=O) groups is 3. The fourth-order valence-electron chi connectivity index (χ4n) is 3.76. The minimum absolute atomic E-state index is 0.0169. The molecule has 0 saturated carbocycles. The maximum Gasteiger partial charge on any atom is 0.309 e. The minimum Gasteiger partial charge on any atom is -0.481 e. The number of amides is 2. The van der Waals surface area contributed by atoms with E-state index in [1.807, 2.05) is 35.2 Å². The van der Waals surface area contributed by atoms with Crippen LogP contribution in [0, 0.1) is 5.92 Å². The van der Waals surface area contributed by atoms with Crippen LogP contribution in [0.4, 0.5) is 0 Å². The third-order valence-corrected chi connectivity index (χ3v) is 5.28. The number of carboxylic acid groups (broad SMARTS) is 1. The Labute approximate surface area is 153 Å². The van der Waals surface area contributed by atoms with Gasteiger partial charge in [0.05, 0.1) is 12.3 Å². The maximum absolute atomic E-state index is 12.6. The lowest BCUT2D eigenvalue weighted by atomic mass is 10.1. The first-order valence-corrected chi connectivity index (χ1v) is 8.98. The summed E-state index contributed by atoms with van der Waals surface area (Å²) in [5.74, 6) is -1.51. The van der Waals surface area contributed by atoms with Crippen molar-refractivity contribution in [3.63, 3.8) is 0 Å². The second-order valence-electron chi connectivity index (χ2n) is 7.11. The first-order chi connectivity index (χ1) is 12.4. The predicted molar refractivity (Wildman–Crippen MR) is 95.5 cm³/mol. The Bertz CT molecular complexity index is 679. The summed E-state index contributed by atoms with van der Waals surface area (Å²) >= 11 is 0. The van der Waals surface area contributed by atoms with Gasteiger partial charge >= 0.3 is 5.97 Å². The third kappa shape index (κ3) is 4.22. The van der Waals surface area contributed by atoms with Gasteiger partial charge in [-0.25, -0.2) is 0 Å². The first kappa shape index (κ1) is 18.4. The molecule has 1 N–H and O–H groups in total. The third-order valence-electron chi connectivity index (χ3n) is 5.28. The highest BCUT2D eigenvalue weighted by Gasteiger charge is 2.37. The number of rotatable bonds is 3. The summed E-state index contributed by atoms with van der Waals surface area (Å²) in [6.07, 6.45) is 0.363. The van der Waals surface area contributed by atoms with Crippen molar-refractivity contribution in [3.8, 4) is 0 Å². The monoisotopic (exact) mass is 359 g/mol. The molecule has 2 aliphatic heterocycles. The van der Waals surface area contributed by atoms with Crippen molar-refractivity contribution in [1.29, 1.82) is 0 Å². The molecule has 0 bridgehead atoms. The molecule has 26 heavy (non-hydrogen) atoms. The average molecular weight is 359 g/mol. The van der Waals surface area contributed by atoms with E-state index in [1.165, 1.54) is 6.92 Å². The molecule has 7 heteroatoms. The number of fused-ring (bicyclic) bond motifs is 1. The molecule has 0 aromatic heterocycles. The zero-order chi connectivity index (χ0) is 18.7. The molecule has 2 atom stereocenters. The molecule has 0 radical (unpaired) electrons. The lowest BCUT2D eigenvalue weighted by Gasteiger charge is -2.41. The van der Waals surface area contributed by atoms with Crippen molar-refractivity contribution in [1.82, 2.24) is 14.7 Å². The molecule has 2 fully saturated rings. The van der Waals surface area contributed by atoms with Crippen molar-refractivity contribution >= 4 is 17.8 Å². The van der Waals surface area contributed by atoms with Crippen LogP contribution in [0.25, 0.3) is 0 Å². The largest absolute Gasteiger partial charge is 0.481 e. The van der Waals surface area contributed by atoms with Crippen LogP contribution in [-0.2, 0) is 20.8 Å². The Kier molecular flexibility index (Phi) is 5.56. The average Bonchev–Trinajstić information content (AvgIpc) is 2.81. The number of aliphatic carboxylic acids is 1. The van der Waals surface area contributed by atoms with E-state index in [0.717, 1.165) is 5.56 Å². The number of hydrogen-bond acceptors (Lipinski definition) is 4. The van der Waals surface area contributed by atoms with Gasteiger partial charge in [-0.2, -0.15) is 0 Å². The summed E-state index contributed by atoms with van der Waals surface area (Å²) < 4.78 is 0. The van der Waals surface area contributed by atoms with Crippen molar-refractivity contribution in [2.45, 2.75) is 19.4 Å². The minimum atomic E-state index is -0.875. The Morgan fingerprint density at radius 3 is 2.35 bits per heavy atom. The smallest absolute Gasteiger partial charge is 0.309 e. The predicted octanol–water partition coefficient (Wildman–Crippen LogP) is 0.305. The molecule has 0 unspecified atom stereocenters. The van der Waals surface area contributed by atoms with Gasteiger partial charge in [-0.1, -0.05) is 30.3 Å². The maximum atomic E-state index is 12.6. The highest BCUT2D eigenvalue weighted by Crippen LogP contribution is 2.20. The molecule has 3 rings (SSSR count). The number of piperazine rings is 1. The van der Waals surface area contributed by atoms with E-state index >= 15 is 0 Å². The number of carboxylic acids is 1. The number of hydrogen-bond donors (Lipinski definition) is 1. The van der Waals surface area contributed by atoms with Crippen LogP contribution in [0.2, 0.25) is 0 Å². The van der Waals surface area contributed by atoms with Gasteiger partial charge in [0.25, 0.3) is 0 Å². The molecule has 2 heterocycles. The normalized spacial score (nSPS) is 23.9. The fraction of sp³-hybridized carbons (Fsp3) is 0.526. The zero-order valence-electron chi connectivity index (χ0n) is 15.0. The van der Waals surface area contributed by atoms with Crippen LogP contribution in [0.3, 0.4) is 0 Å². The van der Waals surface area contributed by atoms with Crippen LogP contribution >= 0.6 is 0 Å². The van der Waals surface area contributed by atoms with Crippen LogP contribution in [0.15, 0.2) is 30.3 Å². The quantitative estimate of drug-likeness (QED) is 0.840. The molecular formula is C19H25N3O4. The highest BCUT2D eigenvalue weighted by molar-refractivity contribution is 5.79. The molecule has 1 aromatic rings. The molecule has 2 amide bonds. The Hall–Kier alpha value is -2.41. The van der Waals surface area contributed by atoms with Gasteiger partial charge in [0.1, 0.15) is 0 Å². The van der Waals surface area contributed by atoms with E-state index < -0.39 is 11.9 Å². The van der Waals surface area contributed by atoms with Gasteiger partial charge in [-0.15, -0.1) is 0 Å². The second kappa shape index (κ2) is 7.86. The van der Waals surface area contributed by atoms with E-state index in [-0.39, 0.29) is 24.4 Å². The van der Waals surface area contributed by atoms with Crippen molar-refractivity contribution in [3.05, 3.63) is 35.9 Å². The van der Waals surface area contributed by atoms with Gasteiger partial charge in [0.2, 0.25) is 11.8 Å². The van der Waals surface area contributed by atoms with Crippen molar-refractivity contribution in [2.75, 3.05) is 39.3 Å². The van der Waals surface area contributed by atoms with Crippen LogP contribution in [-0.4, -0.2) is 82.9 Å². The van der Waals surface area contributed by atoms with Crippen LogP contribution in [0.5, 0.6) is 0 Å². The van der Waals surface area contributed by atoms with Gasteiger partial charge in [0, 0.05) is 52.2 Å². The number of benzene rings is 1. The second-order valence-corrected chi connectivity index (χ2v) is 7.11. The van der Waals surface area contributed by atoms with E-state index in [9.17, 15) is 19.5 Å². The summed E-state index contributed by atoms with van der Waals surface area (Å²) in [5.41, 5.74) is 0.983. The number of carbonyl (C=O) groups excluding carboxylic acids is 2. The van der Waals surface area contributed by atoms with E-state index in [0.29, 0.717) is 39.1 Å². The highest BCUT2D eigenvalue weighted by atomic mass is 16.4. The van der Waals surface area contributed by atoms with Gasteiger partial charge in [0.15, 0.2) is 0 Å². The molecule has 0 spiro atoms. The first-order valence-electron chi connectivity index (χ1n) is 8.98. The van der Waals surface area contributed by atoms with Gasteiger partial charge < -0.3 is 14.9 Å². The standard InChI is InChI=1S/C19H25N3O4/c1-14(23)22-11-16(19(25)26)10-20-7-8-21(12-17(20)13-22)18(24)9-15-5-3-2-4-6-15/h2-6,16-17H,7-13H2,1H3,(H,25,26)/t16-,17-/m0/s1.